The Morgan fingerprint density at radius 1 is 0.516 bits per heavy atom. The minimum atomic E-state index is 0.533. The van der Waals surface area contributed by atoms with Crippen molar-refractivity contribution in [3.63, 3.8) is 0 Å². The monoisotopic (exact) mass is 862 g/mol. The first-order chi connectivity index (χ1) is 31.7. The maximum Gasteiger partial charge on any atom is 0.142 e. The zero-order valence-electron chi connectivity index (χ0n) is 35.5. The van der Waals surface area contributed by atoms with Crippen LogP contribution in [0.3, 0.4) is 0 Å². The predicted molar refractivity (Wildman–Crippen MR) is 282 cm³/mol. The fourth-order valence-electron chi connectivity index (χ4n) is 9.83. The summed E-state index contributed by atoms with van der Waals surface area (Å²) < 4.78 is 11.3. The van der Waals surface area contributed by atoms with Crippen LogP contribution in [0.5, 0.6) is 0 Å². The number of aliphatic imine (C=N–C) groups is 2. The van der Waals surface area contributed by atoms with Crippen molar-refractivity contribution in [3.05, 3.63) is 193 Å². The number of furan rings is 1. The third kappa shape index (κ3) is 6.12. The molecule has 0 aliphatic rings. The van der Waals surface area contributed by atoms with Gasteiger partial charge in [0.2, 0.25) is 0 Å². The van der Waals surface area contributed by atoms with Gasteiger partial charge in [-0.1, -0.05) is 131 Å². The molecule has 0 N–H and O–H groups in total. The van der Waals surface area contributed by atoms with Gasteiger partial charge in [-0.05, 0) is 107 Å². The van der Waals surface area contributed by atoms with Crippen molar-refractivity contribution in [1.29, 1.82) is 0 Å². The Balaban J connectivity index is 0.00000111. The Labute approximate surface area is 377 Å². The van der Waals surface area contributed by atoms with Crippen LogP contribution in [0.1, 0.15) is 25.0 Å². The lowest BCUT2D eigenvalue weighted by Crippen LogP contribution is -2.14. The van der Waals surface area contributed by atoms with Gasteiger partial charge < -0.3 is 8.82 Å². The van der Waals surface area contributed by atoms with E-state index in [1.807, 2.05) is 38.1 Å². The first-order valence-electron chi connectivity index (χ1n) is 21.6. The van der Waals surface area contributed by atoms with Crippen molar-refractivity contribution in [1.82, 2.24) is 8.97 Å². The second-order valence-corrected chi connectivity index (χ2v) is 15.8. The molecule has 1 unspecified atom stereocenters. The normalized spacial score (nSPS) is 12.0. The summed E-state index contributed by atoms with van der Waals surface area (Å²) in [4.78, 5) is 9.72. The largest absolute Gasteiger partial charge is 0.456 e. The van der Waals surface area contributed by atoms with E-state index in [-0.39, 0.29) is 0 Å². The molecule has 0 bridgehead atoms. The summed E-state index contributed by atoms with van der Waals surface area (Å²) in [5.41, 5.74) is 12.8. The van der Waals surface area contributed by atoms with Gasteiger partial charge in [0.15, 0.2) is 0 Å². The lowest BCUT2D eigenvalue weighted by molar-refractivity contribution is 0.669. The predicted octanol–water partition coefficient (Wildman–Crippen LogP) is 16.2. The highest BCUT2D eigenvalue weighted by molar-refractivity contribution is 8.31. The Bertz CT molecular complexity index is 3950. The van der Waals surface area contributed by atoms with Gasteiger partial charge in [0, 0.05) is 48.7 Å². The van der Waals surface area contributed by atoms with E-state index in [1.54, 1.807) is 0 Å². The van der Waals surface area contributed by atoms with E-state index in [2.05, 4.69) is 199 Å². The number of rotatable bonds is 5. The quantitative estimate of drug-likeness (QED) is 0.0797. The molecule has 5 nitrogen and oxygen atoms in total. The van der Waals surface area contributed by atoms with Crippen molar-refractivity contribution in [2.75, 3.05) is 0 Å². The van der Waals surface area contributed by atoms with E-state index in [9.17, 15) is 0 Å². The summed E-state index contributed by atoms with van der Waals surface area (Å²) in [5, 5.41) is 12.1. The Hall–Kier alpha value is -7.24. The number of para-hydroxylation sites is 4. The SMILES string of the molecule is C=Nc1ccccc1C(=NCc1ccccc1)n1c2ccccc2c2cc(-c3ccc4oc5cc6cc7c(cc6cc5c4c3)c3cccc4c5ccccc5n7c43)ccc21.CC.PS. The minimum absolute atomic E-state index is 0.533. The third-order valence-corrected chi connectivity index (χ3v) is 12.6. The molecule has 0 saturated carbocycles. The Kier molecular flexibility index (Phi) is 9.99. The molecule has 308 valence electrons. The zero-order chi connectivity index (χ0) is 43.5. The van der Waals surface area contributed by atoms with Crippen LogP contribution in [-0.2, 0) is 6.54 Å². The van der Waals surface area contributed by atoms with Crippen LogP contribution in [0.25, 0.3) is 104 Å². The van der Waals surface area contributed by atoms with Crippen LogP contribution in [-0.4, -0.2) is 21.5 Å². The number of benzene rings is 9. The number of thiol groups is 1. The highest BCUT2D eigenvalue weighted by atomic mass is 32.7. The fourth-order valence-corrected chi connectivity index (χ4v) is 9.83. The van der Waals surface area contributed by atoms with Crippen molar-refractivity contribution < 1.29 is 4.42 Å². The van der Waals surface area contributed by atoms with Gasteiger partial charge in [-0.3, -0.25) is 14.6 Å². The van der Waals surface area contributed by atoms with E-state index >= 15 is 0 Å². The first-order valence-corrected chi connectivity index (χ1v) is 23.7. The summed E-state index contributed by atoms with van der Waals surface area (Å²) in [6.07, 6.45) is 0. The van der Waals surface area contributed by atoms with E-state index in [0.717, 1.165) is 77.5 Å². The van der Waals surface area contributed by atoms with Gasteiger partial charge in [0.1, 0.15) is 17.0 Å². The highest BCUT2D eigenvalue weighted by Crippen LogP contribution is 2.42. The maximum atomic E-state index is 6.58. The van der Waals surface area contributed by atoms with Crippen molar-refractivity contribution in [2.45, 2.75) is 20.4 Å². The number of hydrogen-bond donors (Lipinski definition) is 1. The van der Waals surface area contributed by atoms with E-state index in [1.165, 1.54) is 48.9 Å². The van der Waals surface area contributed by atoms with Gasteiger partial charge in [-0.15, -0.1) is 0 Å². The molecule has 0 amide bonds. The van der Waals surface area contributed by atoms with Crippen molar-refractivity contribution >= 4 is 132 Å². The molecule has 0 aliphatic heterocycles. The van der Waals surface area contributed by atoms with Crippen LogP contribution >= 0.6 is 20.7 Å². The molecule has 7 heteroatoms. The second kappa shape index (κ2) is 16.1. The lowest BCUT2D eigenvalue weighted by Gasteiger charge is -2.14. The molecular formula is C57H43N4OPS. The molecule has 0 fully saturated rings. The fraction of sp³-hybridized carbons (Fsp3) is 0.0526. The maximum absolute atomic E-state index is 6.58. The molecule has 4 heterocycles. The van der Waals surface area contributed by atoms with Gasteiger partial charge >= 0.3 is 0 Å². The van der Waals surface area contributed by atoms with Gasteiger partial charge in [0.25, 0.3) is 0 Å². The lowest BCUT2D eigenvalue weighted by atomic mass is 9.99. The standard InChI is InChI=1S/C55H34N4O.C2H6.H3PS/c1-56-47-19-8-5-16-42(47)55(57-32-33-12-3-2-4-13-33)59-49-21-10-7-15-39(49)43-26-34(22-24-50(43)59)35-23-25-52-45(27-35)46-29-36-28-44-41-18-11-17-40-38-14-6-9-20-48(38)58(54(40)41)51(44)30-37(36)31-53(46)60-52;2*1-2/h2-31H,1,32H2;1-2H3;2H,1H2. The smallest absolute Gasteiger partial charge is 0.142 e. The summed E-state index contributed by atoms with van der Waals surface area (Å²) in [5.74, 6) is 0.837. The second-order valence-electron chi connectivity index (χ2n) is 15.8. The van der Waals surface area contributed by atoms with E-state index < -0.39 is 0 Å². The number of hydrogen-bond acceptors (Lipinski definition) is 4. The Morgan fingerprint density at radius 2 is 1.09 bits per heavy atom. The van der Waals surface area contributed by atoms with Crippen LogP contribution in [0.2, 0.25) is 0 Å². The van der Waals surface area contributed by atoms with Crippen LogP contribution in [0.15, 0.2) is 196 Å². The summed E-state index contributed by atoms with van der Waals surface area (Å²) in [6.45, 7) is 8.44. The molecule has 9 aromatic carbocycles. The molecule has 13 rings (SSSR count). The average molecular weight is 863 g/mol. The first kappa shape index (κ1) is 39.6. The highest BCUT2D eigenvalue weighted by Gasteiger charge is 2.21. The minimum Gasteiger partial charge on any atom is -0.456 e. The van der Waals surface area contributed by atoms with Gasteiger partial charge in [0.05, 0.1) is 39.8 Å². The van der Waals surface area contributed by atoms with E-state index in [4.69, 9.17) is 9.41 Å². The molecular weight excluding hydrogens is 820 g/mol. The number of fused-ring (bicyclic) bond motifs is 13. The van der Waals surface area contributed by atoms with Crippen molar-refractivity contribution in [3.8, 4) is 11.1 Å². The average Bonchev–Trinajstić information content (AvgIpc) is 4.10. The molecule has 1 atom stereocenters. The summed E-state index contributed by atoms with van der Waals surface area (Å²) >= 11 is 3.44. The molecule has 4 aromatic heterocycles. The molecule has 0 saturated heterocycles. The van der Waals surface area contributed by atoms with Gasteiger partial charge in [-0.2, -0.15) is 12.2 Å². The van der Waals surface area contributed by atoms with Crippen LogP contribution < -0.4 is 0 Å². The topological polar surface area (TPSA) is 47.2 Å². The van der Waals surface area contributed by atoms with E-state index in [0.29, 0.717) is 6.54 Å². The molecule has 64 heavy (non-hydrogen) atoms. The molecule has 0 spiro atoms. The molecule has 0 aliphatic carbocycles. The molecule has 13 aromatic rings. The van der Waals surface area contributed by atoms with Crippen LogP contribution in [0.4, 0.5) is 5.69 Å². The van der Waals surface area contributed by atoms with Crippen molar-refractivity contribution in [2.24, 2.45) is 9.98 Å². The summed E-state index contributed by atoms with van der Waals surface area (Å²) in [7, 11) is 2.11. The summed E-state index contributed by atoms with van der Waals surface area (Å²) in [6, 6.07) is 65.1. The number of nitrogens with zero attached hydrogens (tertiary/aromatic N) is 4. The third-order valence-electron chi connectivity index (χ3n) is 12.6. The Morgan fingerprint density at radius 3 is 1.89 bits per heavy atom. The van der Waals surface area contributed by atoms with Gasteiger partial charge in [-0.25, -0.2) is 0 Å². The molecule has 0 radical (unpaired) electrons. The van der Waals surface area contributed by atoms with Crippen LogP contribution in [0, 0.1) is 0 Å². The zero-order valence-corrected chi connectivity index (χ0v) is 37.5. The number of aromatic nitrogens is 2.